The molecule has 154 valence electrons. The van der Waals surface area contributed by atoms with E-state index in [2.05, 4.69) is 20.6 Å². The van der Waals surface area contributed by atoms with Gasteiger partial charge in [-0.3, -0.25) is 19.4 Å². The Hall–Kier alpha value is -3.30. The summed E-state index contributed by atoms with van der Waals surface area (Å²) in [6, 6.07) is 15.6. The standard InChI is InChI=1S/C20H18ClN5O3S/c21-14-9-5-4-8-13(14)10-23-15(27)11-30-20-25-17(22)16(19(29)26-20)24-18(28)12-6-2-1-3-7-12/h1-9H,10-11H2,(H,23,27)(H,24,28)(H3,22,25,26,29). The molecule has 30 heavy (non-hydrogen) atoms. The quantitative estimate of drug-likeness (QED) is 0.328. The maximum Gasteiger partial charge on any atom is 0.277 e. The molecule has 0 bridgehead atoms. The lowest BCUT2D eigenvalue weighted by molar-refractivity contribution is -0.118. The minimum absolute atomic E-state index is 0.0164. The van der Waals surface area contributed by atoms with E-state index in [9.17, 15) is 14.4 Å². The van der Waals surface area contributed by atoms with Gasteiger partial charge in [-0.05, 0) is 23.8 Å². The van der Waals surface area contributed by atoms with Crippen LogP contribution in [0, 0.1) is 0 Å². The van der Waals surface area contributed by atoms with E-state index in [4.69, 9.17) is 17.3 Å². The van der Waals surface area contributed by atoms with E-state index >= 15 is 0 Å². The highest BCUT2D eigenvalue weighted by atomic mass is 35.5. The number of halogens is 1. The number of rotatable bonds is 7. The number of thioether (sulfide) groups is 1. The average Bonchev–Trinajstić information content (AvgIpc) is 2.74. The van der Waals surface area contributed by atoms with Gasteiger partial charge >= 0.3 is 0 Å². The Morgan fingerprint density at radius 3 is 2.50 bits per heavy atom. The maximum atomic E-state index is 12.3. The Labute approximate surface area is 181 Å². The zero-order valence-corrected chi connectivity index (χ0v) is 17.2. The lowest BCUT2D eigenvalue weighted by Gasteiger charge is -2.09. The zero-order valence-electron chi connectivity index (χ0n) is 15.6. The Balaban J connectivity index is 1.58. The minimum atomic E-state index is -0.606. The molecule has 5 N–H and O–H groups in total. The normalized spacial score (nSPS) is 10.4. The first kappa shape index (κ1) is 21.4. The first-order valence-electron chi connectivity index (χ1n) is 8.83. The van der Waals surface area contributed by atoms with E-state index < -0.39 is 11.5 Å². The number of aromatic nitrogens is 2. The van der Waals surface area contributed by atoms with Gasteiger partial charge in [-0.15, -0.1) is 0 Å². The van der Waals surface area contributed by atoms with Crippen molar-refractivity contribution in [3.63, 3.8) is 0 Å². The number of aromatic amines is 1. The Bertz CT molecular complexity index is 1120. The van der Waals surface area contributed by atoms with Crippen LogP contribution in [-0.2, 0) is 11.3 Å². The average molecular weight is 444 g/mol. The summed E-state index contributed by atoms with van der Waals surface area (Å²) in [5.41, 5.74) is 6.26. The van der Waals surface area contributed by atoms with E-state index in [1.54, 1.807) is 36.4 Å². The van der Waals surface area contributed by atoms with Crippen molar-refractivity contribution in [2.24, 2.45) is 0 Å². The predicted molar refractivity (Wildman–Crippen MR) is 118 cm³/mol. The molecule has 3 aromatic rings. The summed E-state index contributed by atoms with van der Waals surface area (Å²) < 4.78 is 0. The molecular weight excluding hydrogens is 426 g/mol. The van der Waals surface area contributed by atoms with E-state index in [-0.39, 0.29) is 34.9 Å². The van der Waals surface area contributed by atoms with Crippen molar-refractivity contribution in [3.8, 4) is 0 Å². The highest BCUT2D eigenvalue weighted by molar-refractivity contribution is 7.99. The van der Waals surface area contributed by atoms with Crippen LogP contribution >= 0.6 is 23.4 Å². The molecule has 0 aliphatic carbocycles. The first-order chi connectivity index (χ1) is 14.4. The SMILES string of the molecule is Nc1nc(SCC(=O)NCc2ccccc2Cl)[nH]c(=O)c1NC(=O)c1ccccc1. The summed E-state index contributed by atoms with van der Waals surface area (Å²) in [7, 11) is 0. The van der Waals surface area contributed by atoms with Crippen molar-refractivity contribution in [2.45, 2.75) is 11.7 Å². The van der Waals surface area contributed by atoms with Crippen molar-refractivity contribution < 1.29 is 9.59 Å². The fourth-order valence-corrected chi connectivity index (χ4v) is 3.35. The molecule has 0 radical (unpaired) electrons. The number of carbonyl (C=O) groups is 2. The summed E-state index contributed by atoms with van der Waals surface area (Å²) in [5.74, 6) is -0.860. The van der Waals surface area contributed by atoms with E-state index in [0.29, 0.717) is 10.6 Å². The van der Waals surface area contributed by atoms with Gasteiger partial charge in [0.1, 0.15) is 5.69 Å². The summed E-state index contributed by atoms with van der Waals surface area (Å²) >= 11 is 7.07. The van der Waals surface area contributed by atoms with Gasteiger partial charge in [-0.1, -0.05) is 59.8 Å². The second-order valence-corrected chi connectivity index (χ2v) is 7.48. The topological polar surface area (TPSA) is 130 Å². The maximum absolute atomic E-state index is 12.3. The molecule has 0 unspecified atom stereocenters. The molecule has 2 aromatic carbocycles. The number of H-pyrrole nitrogens is 1. The summed E-state index contributed by atoms with van der Waals surface area (Å²) in [6.07, 6.45) is 0. The second-order valence-electron chi connectivity index (χ2n) is 6.11. The monoisotopic (exact) mass is 443 g/mol. The number of nitrogen functional groups attached to an aromatic ring is 1. The van der Waals surface area contributed by atoms with Crippen molar-refractivity contribution in [2.75, 3.05) is 16.8 Å². The first-order valence-corrected chi connectivity index (χ1v) is 10.2. The Kier molecular flexibility index (Phi) is 7.10. The second kappa shape index (κ2) is 9.95. The molecule has 1 heterocycles. The molecule has 1 aromatic heterocycles. The van der Waals surface area contributed by atoms with Gasteiger partial charge in [-0.25, -0.2) is 4.98 Å². The fraction of sp³-hybridized carbons (Fsp3) is 0.100. The lowest BCUT2D eigenvalue weighted by Crippen LogP contribution is -2.25. The number of amides is 2. The molecule has 0 aliphatic heterocycles. The van der Waals surface area contributed by atoms with E-state index in [1.807, 2.05) is 18.2 Å². The lowest BCUT2D eigenvalue weighted by atomic mass is 10.2. The number of benzene rings is 2. The number of anilines is 2. The number of nitrogens with two attached hydrogens (primary N) is 1. The third kappa shape index (κ3) is 5.62. The molecule has 0 aliphatic rings. The van der Waals surface area contributed by atoms with Crippen molar-refractivity contribution in [1.29, 1.82) is 0 Å². The molecule has 0 saturated carbocycles. The number of nitrogens with zero attached hydrogens (tertiary/aromatic N) is 1. The van der Waals surface area contributed by atoms with Crippen molar-refractivity contribution in [3.05, 3.63) is 81.1 Å². The van der Waals surface area contributed by atoms with Crippen LogP contribution in [0.25, 0.3) is 0 Å². The van der Waals surface area contributed by atoms with E-state index in [0.717, 1.165) is 17.3 Å². The van der Waals surface area contributed by atoms with Crippen LogP contribution in [-0.4, -0.2) is 27.5 Å². The highest BCUT2D eigenvalue weighted by Crippen LogP contribution is 2.18. The van der Waals surface area contributed by atoms with Crippen LogP contribution in [0.5, 0.6) is 0 Å². The third-order valence-electron chi connectivity index (χ3n) is 3.97. The van der Waals surface area contributed by atoms with Crippen molar-refractivity contribution in [1.82, 2.24) is 15.3 Å². The van der Waals surface area contributed by atoms with Gasteiger partial charge in [-0.2, -0.15) is 0 Å². The zero-order chi connectivity index (χ0) is 21.5. The third-order valence-corrected chi connectivity index (χ3v) is 5.22. The Morgan fingerprint density at radius 2 is 1.80 bits per heavy atom. The molecule has 10 heteroatoms. The fourth-order valence-electron chi connectivity index (χ4n) is 2.45. The molecule has 0 spiro atoms. The van der Waals surface area contributed by atoms with Crippen molar-refractivity contribution >= 4 is 46.7 Å². The molecule has 0 saturated heterocycles. The van der Waals surface area contributed by atoms with Gasteiger partial charge < -0.3 is 16.4 Å². The molecule has 0 atom stereocenters. The molecular formula is C20H18ClN5O3S. The van der Waals surface area contributed by atoms with E-state index in [1.165, 1.54) is 0 Å². The number of hydrogen-bond acceptors (Lipinski definition) is 6. The van der Waals surface area contributed by atoms with Gasteiger partial charge in [0.05, 0.1) is 5.75 Å². The van der Waals surface area contributed by atoms with Crippen LogP contribution in [0.1, 0.15) is 15.9 Å². The van der Waals surface area contributed by atoms with Gasteiger partial charge in [0, 0.05) is 17.1 Å². The summed E-state index contributed by atoms with van der Waals surface area (Å²) in [5, 5.41) is 5.94. The highest BCUT2D eigenvalue weighted by Gasteiger charge is 2.14. The van der Waals surface area contributed by atoms with Crippen LogP contribution in [0.3, 0.4) is 0 Å². The Morgan fingerprint density at radius 1 is 1.10 bits per heavy atom. The van der Waals surface area contributed by atoms with Gasteiger partial charge in [0.2, 0.25) is 5.91 Å². The molecule has 0 fully saturated rings. The van der Waals surface area contributed by atoms with Crippen LogP contribution in [0.2, 0.25) is 5.02 Å². The van der Waals surface area contributed by atoms with Crippen LogP contribution in [0.15, 0.2) is 64.5 Å². The van der Waals surface area contributed by atoms with Crippen LogP contribution in [0.4, 0.5) is 11.5 Å². The molecule has 8 nitrogen and oxygen atoms in total. The smallest absolute Gasteiger partial charge is 0.277 e. The van der Waals surface area contributed by atoms with Gasteiger partial charge in [0.25, 0.3) is 11.5 Å². The number of nitrogens with one attached hydrogen (secondary N) is 3. The summed E-state index contributed by atoms with van der Waals surface area (Å²) in [6.45, 7) is 0.287. The number of carbonyl (C=O) groups excluding carboxylic acids is 2. The number of hydrogen-bond donors (Lipinski definition) is 4. The molecule has 2 amide bonds. The summed E-state index contributed by atoms with van der Waals surface area (Å²) in [4.78, 5) is 43.1. The molecule has 3 rings (SSSR count). The predicted octanol–water partition coefficient (Wildman–Crippen LogP) is 2.67. The largest absolute Gasteiger partial charge is 0.382 e. The van der Waals surface area contributed by atoms with Gasteiger partial charge in [0.15, 0.2) is 11.0 Å². The van der Waals surface area contributed by atoms with Crippen LogP contribution < -0.4 is 21.9 Å². The minimum Gasteiger partial charge on any atom is -0.382 e.